The highest BCUT2D eigenvalue weighted by Gasteiger charge is 2.27. The summed E-state index contributed by atoms with van der Waals surface area (Å²) in [5.41, 5.74) is 0. The van der Waals surface area contributed by atoms with Crippen molar-refractivity contribution in [3.8, 4) is 0 Å². The van der Waals surface area contributed by atoms with E-state index in [9.17, 15) is 19.0 Å². The molecule has 0 aliphatic carbocycles. The maximum atomic E-state index is 12.6. The van der Waals surface area contributed by atoms with Crippen LogP contribution in [0.2, 0.25) is 0 Å². The Kier molecular flexibility index (Phi) is 36.3. The van der Waals surface area contributed by atoms with Crippen molar-refractivity contribution in [1.29, 1.82) is 0 Å². The highest BCUT2D eigenvalue weighted by atomic mass is 31.2. The molecule has 1 unspecified atom stereocenters. The molecular weight excluding hydrogens is 725 g/mol. The maximum Gasteiger partial charge on any atom is 0.472 e. The number of quaternary nitrogens is 1. The molecule has 0 fully saturated rings. The maximum absolute atomic E-state index is 12.6. The van der Waals surface area contributed by atoms with E-state index in [1.165, 1.54) is 64.2 Å². The number of hydrogen-bond donors (Lipinski definition) is 1. The van der Waals surface area contributed by atoms with Crippen molar-refractivity contribution in [3.05, 3.63) is 72.9 Å². The number of carbonyl (C=O) groups excluding carboxylic acids is 2. The van der Waals surface area contributed by atoms with Gasteiger partial charge < -0.3 is 18.9 Å². The van der Waals surface area contributed by atoms with Crippen LogP contribution in [0.15, 0.2) is 72.9 Å². The Morgan fingerprint density at radius 1 is 0.571 bits per heavy atom. The summed E-state index contributed by atoms with van der Waals surface area (Å²) in [6, 6.07) is 0. The number of likely N-dealkylation sites (N-methyl/N-ethyl adjacent to an activating group) is 1. The Labute approximate surface area is 342 Å². The van der Waals surface area contributed by atoms with Crippen molar-refractivity contribution in [1.82, 2.24) is 0 Å². The van der Waals surface area contributed by atoms with Gasteiger partial charge in [-0.3, -0.25) is 18.6 Å². The molecule has 0 bridgehead atoms. The lowest BCUT2D eigenvalue weighted by molar-refractivity contribution is -0.870. The van der Waals surface area contributed by atoms with E-state index in [4.69, 9.17) is 18.5 Å². The molecule has 10 heteroatoms. The van der Waals surface area contributed by atoms with Gasteiger partial charge in [0.1, 0.15) is 19.8 Å². The molecule has 0 saturated carbocycles. The van der Waals surface area contributed by atoms with Crippen LogP contribution in [-0.4, -0.2) is 74.9 Å². The number of esters is 2. The first kappa shape index (κ1) is 53.5. The number of carbonyl (C=O) groups is 2. The molecule has 0 aliphatic rings. The zero-order chi connectivity index (χ0) is 41.4. The van der Waals surface area contributed by atoms with Gasteiger partial charge in [0.15, 0.2) is 6.10 Å². The molecule has 0 aromatic rings. The Bertz CT molecular complexity index is 1180. The SMILES string of the molecule is CCC=CCC=CCC=CCC=CCC=CCC=CCCC(=O)O[C@H](COC(=O)CCCCCCCCCCCCCCC)COP(=O)(O)OCC[N+](C)(C)C. The fourth-order valence-corrected chi connectivity index (χ4v) is 6.13. The Balaban J connectivity index is 4.51. The average molecular weight is 807 g/mol. The van der Waals surface area contributed by atoms with Gasteiger partial charge >= 0.3 is 19.8 Å². The molecular formula is C46H81NO8P+. The van der Waals surface area contributed by atoms with Crippen molar-refractivity contribution in [3.63, 3.8) is 0 Å². The molecule has 0 rings (SSSR count). The molecule has 9 nitrogen and oxygen atoms in total. The topological polar surface area (TPSA) is 108 Å². The van der Waals surface area contributed by atoms with Gasteiger partial charge in [0.25, 0.3) is 0 Å². The van der Waals surface area contributed by atoms with E-state index in [1.54, 1.807) is 0 Å². The van der Waals surface area contributed by atoms with Gasteiger partial charge in [-0.05, 0) is 51.4 Å². The largest absolute Gasteiger partial charge is 0.472 e. The minimum Gasteiger partial charge on any atom is -0.462 e. The number of phosphoric ester groups is 1. The second-order valence-corrected chi connectivity index (χ2v) is 16.8. The highest BCUT2D eigenvalue weighted by Crippen LogP contribution is 2.43. The molecule has 0 spiro atoms. The van der Waals surface area contributed by atoms with E-state index in [2.05, 4.69) is 74.6 Å². The van der Waals surface area contributed by atoms with Gasteiger partial charge in [-0.1, -0.05) is 164 Å². The van der Waals surface area contributed by atoms with Crippen LogP contribution in [0, 0.1) is 0 Å². The van der Waals surface area contributed by atoms with E-state index < -0.39 is 32.5 Å². The van der Waals surface area contributed by atoms with Gasteiger partial charge in [-0.25, -0.2) is 4.57 Å². The molecule has 0 saturated heterocycles. The fourth-order valence-electron chi connectivity index (χ4n) is 5.39. The smallest absolute Gasteiger partial charge is 0.462 e. The predicted molar refractivity (Wildman–Crippen MR) is 233 cm³/mol. The van der Waals surface area contributed by atoms with Crippen LogP contribution in [0.25, 0.3) is 0 Å². The quantitative estimate of drug-likeness (QED) is 0.0216. The van der Waals surface area contributed by atoms with Crippen LogP contribution in [0.3, 0.4) is 0 Å². The molecule has 1 N–H and O–H groups in total. The zero-order valence-electron chi connectivity index (χ0n) is 36.1. The third-order valence-corrected chi connectivity index (χ3v) is 9.75. The summed E-state index contributed by atoms with van der Waals surface area (Å²) >= 11 is 0. The van der Waals surface area contributed by atoms with Crippen LogP contribution in [0.4, 0.5) is 0 Å². The second kappa shape index (κ2) is 38.0. The monoisotopic (exact) mass is 807 g/mol. The first-order valence-corrected chi connectivity index (χ1v) is 23.2. The van der Waals surface area contributed by atoms with E-state index in [0.29, 0.717) is 17.4 Å². The summed E-state index contributed by atoms with van der Waals surface area (Å²) in [6.07, 6.45) is 46.8. The van der Waals surface area contributed by atoms with Crippen molar-refractivity contribution < 1.29 is 42.1 Å². The average Bonchev–Trinajstić information content (AvgIpc) is 3.15. The Morgan fingerprint density at radius 2 is 1.02 bits per heavy atom. The van der Waals surface area contributed by atoms with Crippen LogP contribution < -0.4 is 0 Å². The predicted octanol–water partition coefficient (Wildman–Crippen LogP) is 12.2. The van der Waals surface area contributed by atoms with Crippen molar-refractivity contribution in [2.45, 2.75) is 161 Å². The third-order valence-electron chi connectivity index (χ3n) is 8.76. The molecule has 56 heavy (non-hydrogen) atoms. The lowest BCUT2D eigenvalue weighted by atomic mass is 10.0. The molecule has 2 atom stereocenters. The summed E-state index contributed by atoms with van der Waals surface area (Å²) in [6.45, 7) is 4.20. The van der Waals surface area contributed by atoms with Gasteiger partial charge in [0.05, 0.1) is 27.7 Å². The summed E-state index contributed by atoms with van der Waals surface area (Å²) in [5.74, 6) is -0.900. The molecule has 0 radical (unpaired) electrons. The fraction of sp³-hybridized carbons (Fsp3) is 0.696. The number of nitrogens with zero attached hydrogens (tertiary/aromatic N) is 1. The van der Waals surface area contributed by atoms with Gasteiger partial charge in [0.2, 0.25) is 0 Å². The first-order chi connectivity index (χ1) is 27.0. The zero-order valence-corrected chi connectivity index (χ0v) is 37.0. The van der Waals surface area contributed by atoms with Crippen LogP contribution >= 0.6 is 7.82 Å². The molecule has 0 aromatic heterocycles. The number of rotatable bonds is 38. The molecule has 0 heterocycles. The number of ether oxygens (including phenoxy) is 2. The van der Waals surface area contributed by atoms with Crippen LogP contribution in [0.1, 0.15) is 155 Å². The summed E-state index contributed by atoms with van der Waals surface area (Å²) in [7, 11) is 1.42. The minimum atomic E-state index is -4.40. The van der Waals surface area contributed by atoms with E-state index in [0.717, 1.165) is 57.8 Å². The van der Waals surface area contributed by atoms with Gasteiger partial charge in [-0.15, -0.1) is 0 Å². The number of allylic oxidation sites excluding steroid dienone is 12. The second-order valence-electron chi connectivity index (χ2n) is 15.4. The molecule has 322 valence electrons. The molecule has 0 aromatic carbocycles. The van der Waals surface area contributed by atoms with Crippen molar-refractivity contribution in [2.75, 3.05) is 47.5 Å². The van der Waals surface area contributed by atoms with E-state index in [-0.39, 0.29) is 26.1 Å². The minimum absolute atomic E-state index is 0.0157. The third kappa shape index (κ3) is 41.1. The summed E-state index contributed by atoms with van der Waals surface area (Å²) in [4.78, 5) is 35.3. The van der Waals surface area contributed by atoms with Crippen molar-refractivity contribution >= 4 is 19.8 Å². The van der Waals surface area contributed by atoms with Gasteiger partial charge in [0, 0.05) is 12.8 Å². The standard InChI is InChI=1S/C46H80NO8P/c1-6-8-10-12-14-16-18-20-21-22-23-24-25-27-29-31-33-35-37-39-46(49)55-44(43-54-56(50,51)53-41-40-47(3,4)5)42-52-45(48)38-36-34-32-30-28-26-19-17-15-13-11-9-7-2/h8,10,14,16,20-21,23-24,27,29,33,35,44H,6-7,9,11-13,15,17-19,22,25-26,28,30-32,34,36-43H2,1-5H3/p+1/t44-/m1/s1. The Hall–Kier alpha value is -2.55. The van der Waals surface area contributed by atoms with Gasteiger partial charge in [-0.2, -0.15) is 0 Å². The first-order valence-electron chi connectivity index (χ1n) is 21.7. The highest BCUT2D eigenvalue weighted by molar-refractivity contribution is 7.47. The van der Waals surface area contributed by atoms with E-state index >= 15 is 0 Å². The summed E-state index contributed by atoms with van der Waals surface area (Å²) < 4.78 is 34.2. The molecule has 0 amide bonds. The lowest BCUT2D eigenvalue weighted by Gasteiger charge is -2.24. The number of hydrogen-bond acceptors (Lipinski definition) is 7. The summed E-state index contributed by atoms with van der Waals surface area (Å²) in [5, 5.41) is 0. The van der Waals surface area contributed by atoms with Crippen LogP contribution in [0.5, 0.6) is 0 Å². The van der Waals surface area contributed by atoms with E-state index in [1.807, 2.05) is 33.3 Å². The normalized spacial score (nSPS) is 14.3. The number of unbranched alkanes of at least 4 members (excludes halogenated alkanes) is 12. The molecule has 0 aliphatic heterocycles. The van der Waals surface area contributed by atoms with Crippen LogP contribution in [-0.2, 0) is 32.7 Å². The number of phosphoric acid groups is 1. The Morgan fingerprint density at radius 3 is 1.48 bits per heavy atom. The van der Waals surface area contributed by atoms with Crippen molar-refractivity contribution in [2.24, 2.45) is 0 Å². The lowest BCUT2D eigenvalue weighted by Crippen LogP contribution is -2.37.